The van der Waals surface area contributed by atoms with Crippen molar-refractivity contribution in [2.45, 2.75) is 13.3 Å². The normalized spacial score (nSPS) is 10.6. The van der Waals surface area contributed by atoms with Crippen LogP contribution in [0.4, 0.5) is 5.82 Å². The fourth-order valence-corrected chi connectivity index (χ4v) is 1.84. The topological polar surface area (TPSA) is 90.4 Å². The van der Waals surface area contributed by atoms with E-state index in [1.165, 1.54) is 4.57 Å². The molecule has 20 heavy (non-hydrogen) atoms. The fourth-order valence-electron chi connectivity index (χ4n) is 1.84. The number of aryl methyl sites for hydroxylation is 1. The van der Waals surface area contributed by atoms with Gasteiger partial charge in [-0.25, -0.2) is 0 Å². The van der Waals surface area contributed by atoms with Gasteiger partial charge in [0.05, 0.1) is 0 Å². The van der Waals surface area contributed by atoms with Gasteiger partial charge in [-0.05, 0) is 28.0 Å². The number of nitro groups is 1. The van der Waals surface area contributed by atoms with Crippen LogP contribution in [0.25, 0.3) is 0 Å². The Morgan fingerprint density at radius 3 is 2.80 bits per heavy atom. The van der Waals surface area contributed by atoms with Gasteiger partial charge in [-0.1, -0.05) is 18.2 Å². The van der Waals surface area contributed by atoms with Crippen LogP contribution < -0.4 is 4.74 Å². The maximum absolute atomic E-state index is 11.0. The van der Waals surface area contributed by atoms with Crippen molar-refractivity contribution >= 4 is 5.82 Å². The molecule has 7 heteroatoms. The zero-order valence-electron chi connectivity index (χ0n) is 11.2. The van der Waals surface area contributed by atoms with E-state index < -0.39 is 4.92 Å². The highest BCUT2D eigenvalue weighted by Crippen LogP contribution is 2.32. The molecule has 2 aromatic rings. The summed E-state index contributed by atoms with van der Waals surface area (Å²) < 4.78 is 7.18. The van der Waals surface area contributed by atoms with Crippen molar-refractivity contribution in [2.75, 3.05) is 6.61 Å². The Kier molecular flexibility index (Phi) is 3.99. The number of aliphatic hydroxyl groups excluding tert-OH is 1. The molecule has 1 heterocycles. The van der Waals surface area contributed by atoms with E-state index in [0.29, 0.717) is 18.0 Å². The molecular formula is C13H15N3O4. The van der Waals surface area contributed by atoms with Crippen molar-refractivity contribution in [3.05, 3.63) is 45.8 Å². The van der Waals surface area contributed by atoms with Crippen LogP contribution in [0.2, 0.25) is 0 Å². The van der Waals surface area contributed by atoms with E-state index in [1.807, 2.05) is 6.07 Å². The lowest BCUT2D eigenvalue weighted by molar-refractivity contribution is -0.390. The molecular weight excluding hydrogens is 262 g/mol. The van der Waals surface area contributed by atoms with Gasteiger partial charge in [0, 0.05) is 20.6 Å². The Hall–Kier alpha value is -2.41. The summed E-state index contributed by atoms with van der Waals surface area (Å²) in [6.45, 7) is 1.65. The molecule has 0 saturated heterocycles. The summed E-state index contributed by atoms with van der Waals surface area (Å²) in [5, 5.41) is 20.0. The number of benzene rings is 1. The van der Waals surface area contributed by atoms with Crippen molar-refractivity contribution in [1.82, 2.24) is 9.55 Å². The number of para-hydroxylation sites is 1. The number of nitrogens with zero attached hydrogens (tertiary/aromatic N) is 3. The van der Waals surface area contributed by atoms with E-state index in [1.54, 1.807) is 32.2 Å². The summed E-state index contributed by atoms with van der Waals surface area (Å²) in [5.41, 5.74) is 0.781. The minimum absolute atomic E-state index is 0.0210. The number of aromatic nitrogens is 2. The number of hydrogen-bond acceptors (Lipinski definition) is 5. The predicted molar refractivity (Wildman–Crippen MR) is 71.9 cm³/mol. The van der Waals surface area contributed by atoms with Crippen LogP contribution >= 0.6 is 0 Å². The summed E-state index contributed by atoms with van der Waals surface area (Å²) in [6.07, 6.45) is 0.417. The van der Waals surface area contributed by atoms with Crippen molar-refractivity contribution in [1.29, 1.82) is 0 Å². The zero-order valence-corrected chi connectivity index (χ0v) is 11.2. The van der Waals surface area contributed by atoms with Crippen LogP contribution in [0.15, 0.2) is 24.3 Å². The lowest BCUT2D eigenvalue weighted by atomic mass is 10.1. The van der Waals surface area contributed by atoms with E-state index in [4.69, 9.17) is 9.84 Å². The Labute approximate surface area is 115 Å². The van der Waals surface area contributed by atoms with Crippen molar-refractivity contribution in [3.63, 3.8) is 0 Å². The number of hydrogen-bond donors (Lipinski definition) is 1. The largest absolute Gasteiger partial charge is 0.433 e. The molecule has 0 aliphatic rings. The molecule has 0 aliphatic heterocycles. The van der Waals surface area contributed by atoms with Gasteiger partial charge in [0.15, 0.2) is 0 Å². The van der Waals surface area contributed by atoms with Crippen molar-refractivity contribution < 1.29 is 14.8 Å². The third kappa shape index (κ3) is 2.62. The van der Waals surface area contributed by atoms with Gasteiger partial charge in [0.25, 0.3) is 0 Å². The average Bonchev–Trinajstić information content (AvgIpc) is 2.70. The minimum atomic E-state index is -0.572. The predicted octanol–water partition coefficient (Wildman–Crippen LogP) is 1.96. The molecule has 1 N–H and O–H groups in total. The van der Waals surface area contributed by atoms with Gasteiger partial charge in [-0.15, -0.1) is 0 Å². The third-order valence-electron chi connectivity index (χ3n) is 2.98. The molecule has 2 rings (SSSR count). The van der Waals surface area contributed by atoms with Crippen LogP contribution in [0.1, 0.15) is 11.4 Å². The molecule has 0 spiro atoms. The van der Waals surface area contributed by atoms with Crippen molar-refractivity contribution in [2.24, 2.45) is 7.05 Å². The van der Waals surface area contributed by atoms with Gasteiger partial charge in [0.2, 0.25) is 5.82 Å². The summed E-state index contributed by atoms with van der Waals surface area (Å²) in [6, 6.07) is 7.10. The maximum Gasteiger partial charge on any atom is 0.427 e. The molecule has 0 atom stereocenters. The second-order valence-electron chi connectivity index (χ2n) is 4.29. The summed E-state index contributed by atoms with van der Waals surface area (Å²) in [4.78, 5) is 14.3. The smallest absolute Gasteiger partial charge is 0.427 e. The minimum Gasteiger partial charge on any atom is -0.433 e. The van der Waals surface area contributed by atoms with E-state index in [0.717, 1.165) is 5.56 Å². The highest BCUT2D eigenvalue weighted by molar-refractivity contribution is 5.42. The first-order valence-electron chi connectivity index (χ1n) is 6.09. The van der Waals surface area contributed by atoms with Crippen LogP contribution in [0.3, 0.4) is 0 Å². The van der Waals surface area contributed by atoms with E-state index in [2.05, 4.69) is 4.98 Å². The van der Waals surface area contributed by atoms with Crippen molar-refractivity contribution in [3.8, 4) is 11.6 Å². The molecule has 0 fully saturated rings. The second kappa shape index (κ2) is 5.70. The highest BCUT2D eigenvalue weighted by Gasteiger charge is 2.26. The van der Waals surface area contributed by atoms with Crippen LogP contribution in [0.5, 0.6) is 11.6 Å². The number of imidazole rings is 1. The number of ether oxygens (including phenoxy) is 1. The van der Waals surface area contributed by atoms with Crippen LogP contribution in [0, 0.1) is 17.0 Å². The quantitative estimate of drug-likeness (QED) is 0.666. The molecule has 0 radical (unpaired) electrons. The second-order valence-corrected chi connectivity index (χ2v) is 4.29. The summed E-state index contributed by atoms with van der Waals surface area (Å²) >= 11 is 0. The molecule has 106 valence electrons. The first-order chi connectivity index (χ1) is 9.54. The van der Waals surface area contributed by atoms with E-state index >= 15 is 0 Å². The third-order valence-corrected chi connectivity index (χ3v) is 2.98. The first kappa shape index (κ1) is 14.0. The first-order valence-corrected chi connectivity index (χ1v) is 6.09. The van der Waals surface area contributed by atoms with Crippen LogP contribution in [-0.4, -0.2) is 26.2 Å². The van der Waals surface area contributed by atoms with Gasteiger partial charge >= 0.3 is 11.7 Å². The Bertz CT molecular complexity index is 637. The molecule has 1 aromatic carbocycles. The standard InChI is InChI=1S/C13H15N3O4/c1-9-14-12(16(18)19)13(15(9)2)20-11-6-4-3-5-10(11)7-8-17/h3-6,17H,7-8H2,1-2H3. The molecule has 0 saturated carbocycles. The van der Waals surface area contributed by atoms with Gasteiger partial charge in [0.1, 0.15) is 5.75 Å². The zero-order chi connectivity index (χ0) is 14.7. The van der Waals surface area contributed by atoms with Gasteiger partial charge < -0.3 is 20.0 Å². The molecule has 1 aromatic heterocycles. The number of aliphatic hydroxyl groups is 1. The van der Waals surface area contributed by atoms with Crippen LogP contribution in [-0.2, 0) is 13.5 Å². The lowest BCUT2D eigenvalue weighted by Gasteiger charge is -2.10. The van der Waals surface area contributed by atoms with E-state index in [9.17, 15) is 10.1 Å². The highest BCUT2D eigenvalue weighted by atomic mass is 16.6. The fraction of sp³-hybridized carbons (Fsp3) is 0.308. The van der Waals surface area contributed by atoms with Gasteiger partial charge in [-0.3, -0.25) is 4.57 Å². The Morgan fingerprint density at radius 2 is 2.15 bits per heavy atom. The lowest BCUT2D eigenvalue weighted by Crippen LogP contribution is -2.00. The summed E-state index contributed by atoms with van der Waals surface area (Å²) in [7, 11) is 1.65. The molecule has 0 bridgehead atoms. The SMILES string of the molecule is Cc1nc([N+](=O)[O-])c(Oc2ccccc2CCO)n1C. The molecule has 0 unspecified atom stereocenters. The molecule has 7 nitrogen and oxygen atoms in total. The maximum atomic E-state index is 11.0. The Morgan fingerprint density at radius 1 is 1.45 bits per heavy atom. The number of rotatable bonds is 5. The van der Waals surface area contributed by atoms with Gasteiger partial charge in [-0.2, -0.15) is 0 Å². The monoisotopic (exact) mass is 277 g/mol. The summed E-state index contributed by atoms with van der Waals surface area (Å²) in [5.74, 6) is 0.737. The van der Waals surface area contributed by atoms with E-state index in [-0.39, 0.29) is 18.3 Å². The average molecular weight is 277 g/mol. The molecule has 0 aliphatic carbocycles. The molecule has 0 amide bonds. The Balaban J connectivity index is 2.42.